The van der Waals surface area contributed by atoms with Crippen LogP contribution < -0.4 is 5.73 Å². The lowest BCUT2D eigenvalue weighted by molar-refractivity contribution is 0.265. The van der Waals surface area contributed by atoms with E-state index in [1.807, 2.05) is 11.8 Å². The van der Waals surface area contributed by atoms with Crippen molar-refractivity contribution in [1.29, 1.82) is 0 Å². The Kier molecular flexibility index (Phi) is 5.88. The molecule has 0 aromatic carbocycles. The van der Waals surface area contributed by atoms with Gasteiger partial charge in [-0.25, -0.2) is 4.39 Å². The van der Waals surface area contributed by atoms with Crippen molar-refractivity contribution in [2.45, 2.75) is 6.92 Å². The first kappa shape index (κ1) is 8.85. The standard InChI is InChI=1S/C6H15FN2/c1-2-9(5-3-7)6-4-8/h2-6,8H2,1H3. The quantitative estimate of drug-likeness (QED) is 0.583. The van der Waals surface area contributed by atoms with Gasteiger partial charge in [-0.15, -0.1) is 0 Å². The fourth-order valence-electron chi connectivity index (χ4n) is 0.730. The molecular weight excluding hydrogens is 119 g/mol. The summed E-state index contributed by atoms with van der Waals surface area (Å²) in [6.45, 7) is 4.57. The van der Waals surface area contributed by atoms with E-state index in [-0.39, 0.29) is 6.67 Å². The van der Waals surface area contributed by atoms with Crippen LogP contribution in [-0.2, 0) is 0 Å². The minimum absolute atomic E-state index is 0.270. The molecule has 9 heavy (non-hydrogen) atoms. The molecule has 0 amide bonds. The Morgan fingerprint density at radius 1 is 1.44 bits per heavy atom. The van der Waals surface area contributed by atoms with Crippen molar-refractivity contribution < 1.29 is 4.39 Å². The molecule has 0 aliphatic heterocycles. The number of rotatable bonds is 5. The lowest BCUT2D eigenvalue weighted by Gasteiger charge is -2.16. The van der Waals surface area contributed by atoms with Gasteiger partial charge in [0.1, 0.15) is 6.67 Å². The van der Waals surface area contributed by atoms with Crippen LogP contribution in [0.4, 0.5) is 4.39 Å². The Morgan fingerprint density at radius 3 is 2.44 bits per heavy atom. The minimum Gasteiger partial charge on any atom is -0.329 e. The summed E-state index contributed by atoms with van der Waals surface area (Å²) in [7, 11) is 0. The maximum absolute atomic E-state index is 11.7. The average molecular weight is 134 g/mol. The molecule has 0 bridgehead atoms. The van der Waals surface area contributed by atoms with Crippen LogP contribution >= 0.6 is 0 Å². The Hall–Kier alpha value is -0.150. The van der Waals surface area contributed by atoms with E-state index < -0.39 is 0 Å². The predicted octanol–water partition coefficient (Wildman–Crippen LogP) is 0.236. The lowest BCUT2D eigenvalue weighted by Crippen LogP contribution is -2.30. The third-order valence-electron chi connectivity index (χ3n) is 1.29. The van der Waals surface area contributed by atoms with E-state index in [1.54, 1.807) is 0 Å². The van der Waals surface area contributed by atoms with Crippen molar-refractivity contribution in [3.8, 4) is 0 Å². The molecule has 0 aromatic heterocycles. The molecule has 0 saturated heterocycles. The maximum Gasteiger partial charge on any atom is 0.102 e. The summed E-state index contributed by atoms with van der Waals surface area (Å²) in [5.74, 6) is 0. The fraction of sp³-hybridized carbons (Fsp3) is 1.00. The minimum atomic E-state index is -0.270. The largest absolute Gasteiger partial charge is 0.329 e. The number of likely N-dealkylation sites (N-methyl/N-ethyl adjacent to an activating group) is 1. The van der Waals surface area contributed by atoms with Gasteiger partial charge in [-0.3, -0.25) is 4.90 Å². The van der Waals surface area contributed by atoms with E-state index in [4.69, 9.17) is 5.73 Å². The highest BCUT2D eigenvalue weighted by Gasteiger charge is 1.97. The van der Waals surface area contributed by atoms with Crippen molar-refractivity contribution >= 4 is 0 Å². The second-order valence-electron chi connectivity index (χ2n) is 1.91. The van der Waals surface area contributed by atoms with Crippen LogP contribution in [0.5, 0.6) is 0 Å². The topological polar surface area (TPSA) is 29.3 Å². The monoisotopic (exact) mass is 134 g/mol. The van der Waals surface area contributed by atoms with Crippen molar-refractivity contribution in [3.05, 3.63) is 0 Å². The first-order valence-electron chi connectivity index (χ1n) is 3.33. The summed E-state index contributed by atoms with van der Waals surface area (Å²) in [6.07, 6.45) is 0. The summed E-state index contributed by atoms with van der Waals surface area (Å²) < 4.78 is 11.7. The highest BCUT2D eigenvalue weighted by Crippen LogP contribution is 1.84. The number of halogens is 1. The normalized spacial score (nSPS) is 10.7. The van der Waals surface area contributed by atoms with Gasteiger partial charge >= 0.3 is 0 Å². The van der Waals surface area contributed by atoms with Gasteiger partial charge in [-0.2, -0.15) is 0 Å². The van der Waals surface area contributed by atoms with Gasteiger partial charge in [0.15, 0.2) is 0 Å². The molecule has 2 N–H and O–H groups in total. The molecule has 0 radical (unpaired) electrons. The Labute approximate surface area is 55.8 Å². The summed E-state index contributed by atoms with van der Waals surface area (Å²) in [5, 5.41) is 0. The number of hydrogen-bond acceptors (Lipinski definition) is 2. The van der Waals surface area contributed by atoms with Crippen molar-refractivity contribution in [1.82, 2.24) is 4.90 Å². The molecule has 3 heteroatoms. The van der Waals surface area contributed by atoms with Gasteiger partial charge < -0.3 is 5.73 Å². The van der Waals surface area contributed by atoms with Gasteiger partial charge in [0, 0.05) is 19.6 Å². The molecule has 56 valence electrons. The zero-order chi connectivity index (χ0) is 7.11. The molecular formula is C6H15FN2. The lowest BCUT2D eigenvalue weighted by atomic mass is 10.5. The molecule has 0 atom stereocenters. The fourth-order valence-corrected chi connectivity index (χ4v) is 0.730. The van der Waals surface area contributed by atoms with Gasteiger partial charge in [0.25, 0.3) is 0 Å². The Bertz CT molecular complexity index is 53.0. The van der Waals surface area contributed by atoms with E-state index >= 15 is 0 Å². The number of hydrogen-bond donors (Lipinski definition) is 1. The van der Waals surface area contributed by atoms with Crippen LogP contribution in [0.2, 0.25) is 0 Å². The van der Waals surface area contributed by atoms with Gasteiger partial charge in [-0.05, 0) is 6.54 Å². The highest BCUT2D eigenvalue weighted by atomic mass is 19.1. The van der Waals surface area contributed by atoms with Gasteiger partial charge in [0.2, 0.25) is 0 Å². The van der Waals surface area contributed by atoms with E-state index in [0.717, 1.165) is 13.1 Å². The second-order valence-corrected chi connectivity index (χ2v) is 1.91. The molecule has 0 heterocycles. The molecule has 0 rings (SSSR count). The number of nitrogens with two attached hydrogens (primary N) is 1. The van der Waals surface area contributed by atoms with Gasteiger partial charge in [0.05, 0.1) is 0 Å². The highest BCUT2D eigenvalue weighted by molar-refractivity contribution is 4.53. The van der Waals surface area contributed by atoms with Crippen molar-refractivity contribution in [3.63, 3.8) is 0 Å². The smallest absolute Gasteiger partial charge is 0.102 e. The first-order valence-corrected chi connectivity index (χ1v) is 3.33. The third kappa shape index (κ3) is 4.36. The molecule has 2 nitrogen and oxygen atoms in total. The van der Waals surface area contributed by atoms with Crippen LogP contribution in [0, 0.1) is 0 Å². The second kappa shape index (κ2) is 5.98. The van der Waals surface area contributed by atoms with E-state index in [9.17, 15) is 4.39 Å². The van der Waals surface area contributed by atoms with Crippen LogP contribution in [0.25, 0.3) is 0 Å². The van der Waals surface area contributed by atoms with Crippen LogP contribution in [-0.4, -0.2) is 37.8 Å². The molecule has 0 aromatic rings. The van der Waals surface area contributed by atoms with Crippen LogP contribution in [0.3, 0.4) is 0 Å². The first-order chi connectivity index (χ1) is 4.35. The SMILES string of the molecule is CCN(CCN)CCF. The van der Waals surface area contributed by atoms with E-state index in [2.05, 4.69) is 0 Å². The molecule has 0 aliphatic rings. The molecule has 0 unspecified atom stereocenters. The van der Waals surface area contributed by atoms with E-state index in [1.165, 1.54) is 0 Å². The summed E-state index contributed by atoms with van der Waals surface area (Å²) in [6, 6.07) is 0. The van der Waals surface area contributed by atoms with Gasteiger partial charge in [-0.1, -0.05) is 6.92 Å². The summed E-state index contributed by atoms with van der Waals surface area (Å²) in [4.78, 5) is 1.99. The molecule has 0 spiro atoms. The Balaban J connectivity index is 3.18. The van der Waals surface area contributed by atoms with Crippen LogP contribution in [0.15, 0.2) is 0 Å². The zero-order valence-electron chi connectivity index (χ0n) is 5.94. The van der Waals surface area contributed by atoms with Crippen molar-refractivity contribution in [2.75, 3.05) is 32.9 Å². The number of alkyl halides is 1. The maximum atomic E-state index is 11.7. The molecule has 0 fully saturated rings. The zero-order valence-corrected chi connectivity index (χ0v) is 5.94. The Morgan fingerprint density at radius 2 is 2.11 bits per heavy atom. The predicted molar refractivity (Wildman–Crippen MR) is 37.1 cm³/mol. The average Bonchev–Trinajstić information content (AvgIpc) is 1.88. The number of nitrogens with zero attached hydrogens (tertiary/aromatic N) is 1. The van der Waals surface area contributed by atoms with Crippen molar-refractivity contribution in [2.24, 2.45) is 5.73 Å². The third-order valence-corrected chi connectivity index (χ3v) is 1.29. The summed E-state index contributed by atoms with van der Waals surface area (Å²) >= 11 is 0. The summed E-state index contributed by atoms with van der Waals surface area (Å²) in [5.41, 5.74) is 5.27. The van der Waals surface area contributed by atoms with E-state index in [0.29, 0.717) is 13.1 Å². The molecule has 0 saturated carbocycles. The molecule has 0 aliphatic carbocycles. The van der Waals surface area contributed by atoms with Crippen LogP contribution in [0.1, 0.15) is 6.92 Å².